The highest BCUT2D eigenvalue weighted by atomic mass is 19.1. The van der Waals surface area contributed by atoms with Crippen molar-refractivity contribution in [2.75, 3.05) is 18.5 Å². The van der Waals surface area contributed by atoms with Crippen molar-refractivity contribution in [3.8, 4) is 0 Å². The number of benzene rings is 2. The number of carbonyl (C=O) groups is 1. The van der Waals surface area contributed by atoms with Gasteiger partial charge < -0.3 is 10.1 Å². The highest BCUT2D eigenvalue weighted by molar-refractivity contribution is 6.10. The second kappa shape index (κ2) is 8.77. The normalized spacial score (nSPS) is 17.0. The number of carbonyl (C=O) groups excluding carboxylic acids is 1. The van der Waals surface area contributed by atoms with Crippen molar-refractivity contribution in [3.63, 3.8) is 0 Å². The molecule has 1 heterocycles. The van der Waals surface area contributed by atoms with E-state index in [4.69, 9.17) is 4.74 Å². The average Bonchev–Trinajstić information content (AvgIpc) is 3.17. The van der Waals surface area contributed by atoms with Crippen LogP contribution < -0.4 is 10.6 Å². The predicted molar refractivity (Wildman–Crippen MR) is 105 cm³/mol. The summed E-state index contributed by atoms with van der Waals surface area (Å²) in [7, 11) is 0. The fraction of sp³-hybridized carbons (Fsp3) is 0.333. The van der Waals surface area contributed by atoms with Gasteiger partial charge in [0.15, 0.2) is 0 Å². The fourth-order valence-electron chi connectivity index (χ4n) is 2.82. The first-order valence-corrected chi connectivity index (χ1v) is 9.08. The van der Waals surface area contributed by atoms with Crippen LogP contribution >= 0.6 is 0 Å². The second-order valence-electron chi connectivity index (χ2n) is 6.71. The first-order chi connectivity index (χ1) is 13.0. The van der Waals surface area contributed by atoms with E-state index in [2.05, 4.69) is 15.6 Å². The van der Waals surface area contributed by atoms with Gasteiger partial charge in [-0.3, -0.25) is 10.1 Å². The summed E-state index contributed by atoms with van der Waals surface area (Å²) in [4.78, 5) is 17.1. The minimum Gasteiger partial charge on any atom is -0.376 e. The maximum absolute atomic E-state index is 13.1. The highest BCUT2D eigenvalue weighted by Crippen LogP contribution is 2.13. The molecular formula is C21H24FN3O2. The molecule has 1 saturated heterocycles. The van der Waals surface area contributed by atoms with Crippen molar-refractivity contribution in [2.24, 2.45) is 4.99 Å². The number of aliphatic imine (C=N–C) groups is 1. The molecule has 1 aliphatic rings. The third kappa shape index (κ3) is 5.37. The molecular weight excluding hydrogens is 345 g/mol. The van der Waals surface area contributed by atoms with E-state index in [0.29, 0.717) is 23.8 Å². The van der Waals surface area contributed by atoms with Crippen molar-refractivity contribution in [3.05, 3.63) is 65.0 Å². The Balaban J connectivity index is 1.75. The largest absolute Gasteiger partial charge is 0.376 e. The molecule has 2 aromatic rings. The van der Waals surface area contributed by atoms with Gasteiger partial charge in [0.1, 0.15) is 5.82 Å². The van der Waals surface area contributed by atoms with E-state index in [-0.39, 0.29) is 17.8 Å². The molecule has 3 rings (SSSR count). The molecule has 1 aliphatic heterocycles. The van der Waals surface area contributed by atoms with Crippen molar-refractivity contribution in [1.82, 2.24) is 5.32 Å². The Morgan fingerprint density at radius 2 is 1.96 bits per heavy atom. The van der Waals surface area contributed by atoms with E-state index in [1.165, 1.54) is 12.1 Å². The molecule has 27 heavy (non-hydrogen) atoms. The lowest BCUT2D eigenvalue weighted by molar-refractivity contribution is 0.0975. The quantitative estimate of drug-likeness (QED) is 0.636. The van der Waals surface area contributed by atoms with Crippen LogP contribution in [0.2, 0.25) is 0 Å². The minimum absolute atomic E-state index is 0.0635. The van der Waals surface area contributed by atoms with Gasteiger partial charge in [-0.1, -0.05) is 6.07 Å². The number of aryl methyl sites for hydroxylation is 2. The summed E-state index contributed by atoms with van der Waals surface area (Å²) >= 11 is 0. The SMILES string of the molecule is Cc1ccc(C(=O)NC(=NC[C@@H]2CCCO2)Nc2ccc(F)cc2)cc1C. The van der Waals surface area contributed by atoms with E-state index in [9.17, 15) is 9.18 Å². The lowest BCUT2D eigenvalue weighted by Gasteiger charge is -2.14. The third-order valence-corrected chi connectivity index (χ3v) is 4.59. The first-order valence-electron chi connectivity index (χ1n) is 9.08. The standard InChI is InChI=1S/C21H24FN3O2/c1-14-5-6-16(12-15(14)2)20(26)25-21(23-13-19-4-3-11-27-19)24-18-9-7-17(22)8-10-18/h5-10,12,19H,3-4,11,13H2,1-2H3,(H2,23,24,25,26)/t19-/m0/s1. The number of nitrogens with one attached hydrogen (secondary N) is 2. The van der Waals surface area contributed by atoms with Crippen molar-refractivity contribution in [2.45, 2.75) is 32.8 Å². The van der Waals surface area contributed by atoms with Crippen LogP contribution in [-0.4, -0.2) is 31.1 Å². The fourth-order valence-corrected chi connectivity index (χ4v) is 2.82. The molecule has 6 heteroatoms. The van der Waals surface area contributed by atoms with Crippen LogP contribution in [0.15, 0.2) is 47.5 Å². The predicted octanol–water partition coefficient (Wildman–Crippen LogP) is 3.82. The molecule has 0 aromatic heterocycles. The number of hydrogen-bond donors (Lipinski definition) is 2. The van der Waals surface area contributed by atoms with Gasteiger partial charge in [-0.15, -0.1) is 0 Å². The maximum atomic E-state index is 13.1. The van der Waals surface area contributed by atoms with Gasteiger partial charge in [-0.25, -0.2) is 9.38 Å². The van der Waals surface area contributed by atoms with Crippen molar-refractivity contribution >= 4 is 17.6 Å². The number of halogens is 1. The minimum atomic E-state index is -0.322. The summed E-state index contributed by atoms with van der Waals surface area (Å²) in [5.74, 6) is -0.253. The molecule has 1 amide bonds. The molecule has 0 bridgehead atoms. The summed E-state index contributed by atoms with van der Waals surface area (Å²) < 4.78 is 18.7. The van der Waals surface area contributed by atoms with Gasteiger partial charge in [0.2, 0.25) is 5.96 Å². The Labute approximate surface area is 158 Å². The van der Waals surface area contributed by atoms with Gasteiger partial charge in [0.25, 0.3) is 5.91 Å². The molecule has 5 nitrogen and oxygen atoms in total. The average molecular weight is 369 g/mol. The van der Waals surface area contributed by atoms with Crippen LogP contribution in [0.5, 0.6) is 0 Å². The second-order valence-corrected chi connectivity index (χ2v) is 6.71. The van der Waals surface area contributed by atoms with Crippen LogP contribution in [0, 0.1) is 19.7 Å². The Hall–Kier alpha value is -2.73. The number of rotatable bonds is 4. The van der Waals surface area contributed by atoms with Crippen molar-refractivity contribution in [1.29, 1.82) is 0 Å². The number of nitrogens with zero attached hydrogens (tertiary/aromatic N) is 1. The molecule has 2 aromatic carbocycles. The van der Waals surface area contributed by atoms with Gasteiger partial charge in [-0.2, -0.15) is 0 Å². The van der Waals surface area contributed by atoms with Crippen LogP contribution in [0.1, 0.15) is 34.3 Å². The summed E-state index contributed by atoms with van der Waals surface area (Å²) in [5.41, 5.74) is 3.38. The van der Waals surface area contributed by atoms with Gasteiger partial charge in [0.05, 0.1) is 12.6 Å². The monoisotopic (exact) mass is 369 g/mol. The number of guanidine groups is 1. The van der Waals surface area contributed by atoms with E-state index in [1.807, 2.05) is 26.0 Å². The number of amides is 1. The Morgan fingerprint density at radius 1 is 1.19 bits per heavy atom. The summed E-state index contributed by atoms with van der Waals surface area (Å²) in [6, 6.07) is 11.4. The highest BCUT2D eigenvalue weighted by Gasteiger charge is 2.16. The molecule has 1 fully saturated rings. The lowest BCUT2D eigenvalue weighted by atomic mass is 10.1. The molecule has 142 valence electrons. The Morgan fingerprint density at radius 3 is 2.63 bits per heavy atom. The summed E-state index contributed by atoms with van der Waals surface area (Å²) in [6.07, 6.45) is 2.04. The number of hydrogen-bond acceptors (Lipinski definition) is 3. The molecule has 0 unspecified atom stereocenters. The van der Waals surface area contributed by atoms with E-state index >= 15 is 0 Å². The summed E-state index contributed by atoms with van der Waals surface area (Å²) in [5, 5.41) is 5.87. The number of anilines is 1. The van der Waals surface area contributed by atoms with Gasteiger partial charge in [0, 0.05) is 17.9 Å². The smallest absolute Gasteiger partial charge is 0.257 e. The zero-order chi connectivity index (χ0) is 19.2. The topological polar surface area (TPSA) is 62.7 Å². The molecule has 0 spiro atoms. The summed E-state index contributed by atoms with van der Waals surface area (Å²) in [6.45, 7) is 5.17. The number of ether oxygens (including phenoxy) is 1. The van der Waals surface area contributed by atoms with E-state index in [0.717, 1.165) is 30.6 Å². The Kier molecular flexibility index (Phi) is 6.19. The third-order valence-electron chi connectivity index (χ3n) is 4.59. The van der Waals surface area contributed by atoms with Gasteiger partial charge in [-0.05, 0) is 74.2 Å². The van der Waals surface area contributed by atoms with Crippen LogP contribution in [0.4, 0.5) is 10.1 Å². The molecule has 0 aliphatic carbocycles. The molecule has 2 N–H and O–H groups in total. The van der Waals surface area contributed by atoms with E-state index in [1.54, 1.807) is 18.2 Å². The van der Waals surface area contributed by atoms with E-state index < -0.39 is 0 Å². The first kappa shape index (κ1) is 19.0. The van der Waals surface area contributed by atoms with Crippen LogP contribution in [-0.2, 0) is 4.74 Å². The van der Waals surface area contributed by atoms with Crippen molar-refractivity contribution < 1.29 is 13.9 Å². The van der Waals surface area contributed by atoms with Gasteiger partial charge >= 0.3 is 0 Å². The Bertz CT molecular complexity index is 828. The van der Waals surface area contributed by atoms with Crippen LogP contribution in [0.3, 0.4) is 0 Å². The van der Waals surface area contributed by atoms with Crippen LogP contribution in [0.25, 0.3) is 0 Å². The molecule has 0 radical (unpaired) electrons. The zero-order valence-electron chi connectivity index (χ0n) is 15.6. The zero-order valence-corrected chi connectivity index (χ0v) is 15.6. The maximum Gasteiger partial charge on any atom is 0.257 e. The molecule has 1 atom stereocenters. The molecule has 0 saturated carbocycles. The lowest BCUT2D eigenvalue weighted by Crippen LogP contribution is -2.36.